The topological polar surface area (TPSA) is 73.1 Å². The molecule has 0 aliphatic heterocycles. The van der Waals surface area contributed by atoms with Crippen molar-refractivity contribution in [1.82, 2.24) is 25.1 Å². The van der Waals surface area contributed by atoms with E-state index in [1.54, 1.807) is 25.1 Å². The number of aryl methyl sites for hydroxylation is 1. The molecular formula is C9H15N5O2. The smallest absolute Gasteiger partial charge is 0.343 e. The van der Waals surface area contributed by atoms with Gasteiger partial charge in [0.2, 0.25) is 0 Å². The third-order valence-electron chi connectivity index (χ3n) is 1.74. The summed E-state index contributed by atoms with van der Waals surface area (Å²) in [7, 11) is 5.28. The number of esters is 1. The Balaban J connectivity index is 3.07. The average molecular weight is 225 g/mol. The van der Waals surface area contributed by atoms with E-state index in [0.717, 1.165) is 0 Å². The molecular weight excluding hydrogens is 210 g/mol. The maximum Gasteiger partial charge on any atom is 0.343 e. The first-order valence-corrected chi connectivity index (χ1v) is 4.84. The second-order valence-electron chi connectivity index (χ2n) is 3.35. The summed E-state index contributed by atoms with van der Waals surface area (Å²) in [5, 5.41) is 10.9. The van der Waals surface area contributed by atoms with Gasteiger partial charge in [0.1, 0.15) is 5.57 Å². The van der Waals surface area contributed by atoms with Gasteiger partial charge in [-0.1, -0.05) is 0 Å². The first-order chi connectivity index (χ1) is 7.56. The zero-order chi connectivity index (χ0) is 12.1. The van der Waals surface area contributed by atoms with Crippen molar-refractivity contribution in [3.8, 4) is 0 Å². The van der Waals surface area contributed by atoms with Crippen molar-refractivity contribution >= 4 is 11.5 Å². The van der Waals surface area contributed by atoms with Gasteiger partial charge in [-0.2, -0.15) is 0 Å². The lowest BCUT2D eigenvalue weighted by Crippen LogP contribution is -2.14. The molecule has 0 spiro atoms. The van der Waals surface area contributed by atoms with Crippen molar-refractivity contribution < 1.29 is 9.53 Å². The fraction of sp³-hybridized carbons (Fsp3) is 0.556. The standard InChI is InChI=1S/C9H15N5O2/c1-5-16-9(15)7(6-13(2)3)8-10-11-12-14(8)4/h6H,5H2,1-4H3. The molecule has 0 fully saturated rings. The lowest BCUT2D eigenvalue weighted by molar-refractivity contribution is -0.136. The predicted octanol–water partition coefficient (Wildman–Crippen LogP) is -0.324. The van der Waals surface area contributed by atoms with E-state index in [9.17, 15) is 4.79 Å². The van der Waals surface area contributed by atoms with E-state index in [-0.39, 0.29) is 0 Å². The van der Waals surface area contributed by atoms with Crippen LogP contribution in [-0.4, -0.2) is 51.8 Å². The lowest BCUT2D eigenvalue weighted by atomic mass is 10.2. The van der Waals surface area contributed by atoms with Crippen LogP contribution in [0.3, 0.4) is 0 Å². The third kappa shape index (κ3) is 2.78. The molecule has 0 amide bonds. The summed E-state index contributed by atoms with van der Waals surface area (Å²) in [5.41, 5.74) is 0.333. The van der Waals surface area contributed by atoms with Crippen LogP contribution in [0.15, 0.2) is 6.20 Å². The number of hydrogen-bond donors (Lipinski definition) is 0. The van der Waals surface area contributed by atoms with Gasteiger partial charge in [0.05, 0.1) is 6.61 Å². The number of rotatable bonds is 4. The maximum atomic E-state index is 11.7. The average Bonchev–Trinajstić information content (AvgIpc) is 2.61. The molecule has 0 radical (unpaired) electrons. The second-order valence-corrected chi connectivity index (χ2v) is 3.35. The van der Waals surface area contributed by atoms with E-state index in [0.29, 0.717) is 18.0 Å². The third-order valence-corrected chi connectivity index (χ3v) is 1.74. The molecule has 1 rings (SSSR count). The van der Waals surface area contributed by atoms with E-state index in [1.165, 1.54) is 4.68 Å². The Morgan fingerprint density at radius 3 is 2.69 bits per heavy atom. The van der Waals surface area contributed by atoms with Crippen LogP contribution >= 0.6 is 0 Å². The highest BCUT2D eigenvalue weighted by Gasteiger charge is 2.19. The van der Waals surface area contributed by atoms with Gasteiger partial charge in [-0.3, -0.25) is 0 Å². The van der Waals surface area contributed by atoms with Gasteiger partial charge in [0.15, 0.2) is 5.82 Å². The highest BCUT2D eigenvalue weighted by atomic mass is 16.5. The minimum atomic E-state index is -0.436. The van der Waals surface area contributed by atoms with Crippen molar-refractivity contribution in [2.75, 3.05) is 20.7 Å². The zero-order valence-electron chi connectivity index (χ0n) is 9.84. The van der Waals surface area contributed by atoms with Crippen molar-refractivity contribution in [1.29, 1.82) is 0 Å². The van der Waals surface area contributed by atoms with Gasteiger partial charge in [-0.05, 0) is 17.4 Å². The Morgan fingerprint density at radius 2 is 2.25 bits per heavy atom. The van der Waals surface area contributed by atoms with Gasteiger partial charge in [-0.25, -0.2) is 9.48 Å². The van der Waals surface area contributed by atoms with E-state index in [4.69, 9.17) is 4.74 Å². The van der Waals surface area contributed by atoms with Crippen molar-refractivity contribution in [2.45, 2.75) is 6.92 Å². The summed E-state index contributed by atoms with van der Waals surface area (Å²) >= 11 is 0. The molecule has 0 saturated carbocycles. The van der Waals surface area contributed by atoms with Crippen LogP contribution in [0, 0.1) is 0 Å². The fourth-order valence-corrected chi connectivity index (χ4v) is 1.13. The molecule has 0 bridgehead atoms. The van der Waals surface area contributed by atoms with Gasteiger partial charge < -0.3 is 9.64 Å². The molecule has 1 heterocycles. The minimum absolute atomic E-state index is 0.314. The number of tetrazole rings is 1. The molecule has 0 unspecified atom stereocenters. The predicted molar refractivity (Wildman–Crippen MR) is 57.1 cm³/mol. The van der Waals surface area contributed by atoms with Crippen LogP contribution in [0.4, 0.5) is 0 Å². The molecule has 1 aromatic heterocycles. The Hall–Kier alpha value is -1.92. The summed E-state index contributed by atoms with van der Waals surface area (Å²) in [6, 6.07) is 0. The summed E-state index contributed by atoms with van der Waals surface area (Å²) < 4.78 is 6.36. The highest BCUT2D eigenvalue weighted by molar-refractivity contribution is 6.15. The molecule has 0 saturated heterocycles. The Kier molecular flexibility index (Phi) is 3.98. The van der Waals surface area contributed by atoms with Gasteiger partial charge in [0.25, 0.3) is 0 Å². The number of nitrogens with zero attached hydrogens (tertiary/aromatic N) is 5. The lowest BCUT2D eigenvalue weighted by Gasteiger charge is -2.09. The van der Waals surface area contributed by atoms with Crippen LogP contribution in [0.2, 0.25) is 0 Å². The normalized spacial score (nSPS) is 11.4. The summed E-state index contributed by atoms with van der Waals surface area (Å²) in [6.45, 7) is 2.06. The van der Waals surface area contributed by atoms with E-state index < -0.39 is 5.97 Å². The number of ether oxygens (including phenoxy) is 1. The van der Waals surface area contributed by atoms with Crippen LogP contribution in [0.5, 0.6) is 0 Å². The number of carbonyl (C=O) groups excluding carboxylic acids is 1. The van der Waals surface area contributed by atoms with Gasteiger partial charge in [0, 0.05) is 27.3 Å². The highest BCUT2D eigenvalue weighted by Crippen LogP contribution is 2.12. The molecule has 0 atom stereocenters. The number of hydrogen-bond acceptors (Lipinski definition) is 6. The monoisotopic (exact) mass is 225 g/mol. The maximum absolute atomic E-state index is 11.7. The van der Waals surface area contributed by atoms with Crippen molar-refractivity contribution in [3.63, 3.8) is 0 Å². The molecule has 0 aliphatic rings. The van der Waals surface area contributed by atoms with E-state index >= 15 is 0 Å². The van der Waals surface area contributed by atoms with Crippen LogP contribution in [-0.2, 0) is 16.6 Å². The SMILES string of the molecule is CCOC(=O)C(=CN(C)C)c1nnnn1C. The van der Waals surface area contributed by atoms with Crippen LogP contribution in [0.1, 0.15) is 12.7 Å². The molecule has 1 aromatic rings. The molecule has 0 aromatic carbocycles. The summed E-state index contributed by atoms with van der Waals surface area (Å²) in [6.07, 6.45) is 1.63. The fourth-order valence-electron chi connectivity index (χ4n) is 1.13. The molecule has 0 N–H and O–H groups in total. The molecule has 0 aliphatic carbocycles. The molecule has 7 heteroatoms. The van der Waals surface area contributed by atoms with E-state index in [2.05, 4.69) is 15.5 Å². The summed E-state index contributed by atoms with van der Waals surface area (Å²) in [5.74, 6) is -0.0544. The van der Waals surface area contributed by atoms with Gasteiger partial charge in [-0.15, -0.1) is 5.10 Å². The largest absolute Gasteiger partial charge is 0.462 e. The second kappa shape index (κ2) is 5.24. The van der Waals surface area contributed by atoms with Crippen LogP contribution < -0.4 is 0 Å². The first-order valence-electron chi connectivity index (χ1n) is 4.84. The molecule has 88 valence electrons. The Bertz CT molecular complexity index is 396. The van der Waals surface area contributed by atoms with E-state index in [1.807, 2.05) is 14.1 Å². The number of carbonyl (C=O) groups is 1. The summed E-state index contributed by atoms with van der Waals surface area (Å²) in [4.78, 5) is 13.4. The van der Waals surface area contributed by atoms with Crippen LogP contribution in [0.25, 0.3) is 5.57 Å². The molecule has 16 heavy (non-hydrogen) atoms. The minimum Gasteiger partial charge on any atom is -0.462 e. The number of aromatic nitrogens is 4. The van der Waals surface area contributed by atoms with Gasteiger partial charge >= 0.3 is 5.97 Å². The Labute approximate surface area is 93.7 Å². The molecule has 7 nitrogen and oxygen atoms in total. The van der Waals surface area contributed by atoms with Crippen molar-refractivity contribution in [2.24, 2.45) is 7.05 Å². The first kappa shape index (κ1) is 12.2. The Morgan fingerprint density at radius 1 is 1.56 bits per heavy atom. The van der Waals surface area contributed by atoms with Crippen molar-refractivity contribution in [3.05, 3.63) is 12.0 Å². The quantitative estimate of drug-likeness (QED) is 0.516. The zero-order valence-corrected chi connectivity index (χ0v) is 9.84.